The highest BCUT2D eigenvalue weighted by Gasteiger charge is 2.51. The van der Waals surface area contributed by atoms with Crippen molar-refractivity contribution in [3.05, 3.63) is 58.9 Å². The number of nitriles is 1. The van der Waals surface area contributed by atoms with Gasteiger partial charge in [0.15, 0.2) is 5.11 Å². The maximum Gasteiger partial charge on any atom is 0.417 e. The summed E-state index contributed by atoms with van der Waals surface area (Å²) in [5, 5.41) is 11.6. The van der Waals surface area contributed by atoms with Crippen LogP contribution in [0.3, 0.4) is 0 Å². The zero-order valence-electron chi connectivity index (χ0n) is 23.0. The van der Waals surface area contributed by atoms with Gasteiger partial charge >= 0.3 is 6.18 Å². The Balaban J connectivity index is 1.72. The Labute approximate surface area is 242 Å². The van der Waals surface area contributed by atoms with E-state index in [1.807, 2.05) is 0 Å². The molecule has 1 aliphatic rings. The second kappa shape index (κ2) is 13.4. The number of alkyl halides is 3. The predicted octanol–water partition coefficient (Wildman–Crippen LogP) is 6.05. The maximum atomic E-state index is 15.1. The van der Waals surface area contributed by atoms with Crippen molar-refractivity contribution in [2.75, 3.05) is 22.9 Å². The molecule has 0 aromatic heterocycles. The highest BCUT2D eigenvalue weighted by atomic mass is 32.1. The topological polar surface area (TPSA) is 102 Å². The first kappa shape index (κ1) is 32.0. The molecule has 41 heavy (non-hydrogen) atoms. The molecule has 0 unspecified atom stereocenters. The molecule has 0 atom stereocenters. The third kappa shape index (κ3) is 7.21. The molecule has 2 aromatic rings. The first-order valence-corrected chi connectivity index (χ1v) is 13.8. The van der Waals surface area contributed by atoms with Crippen LogP contribution in [0.2, 0.25) is 0 Å². The lowest BCUT2D eigenvalue weighted by Crippen LogP contribution is -2.44. The van der Waals surface area contributed by atoms with Crippen LogP contribution in [-0.4, -0.2) is 35.6 Å². The van der Waals surface area contributed by atoms with Gasteiger partial charge in [-0.05, 0) is 81.8 Å². The molecule has 12 heteroatoms. The summed E-state index contributed by atoms with van der Waals surface area (Å²) >= 11 is 5.48. The van der Waals surface area contributed by atoms with Gasteiger partial charge in [0.25, 0.3) is 11.8 Å². The van der Waals surface area contributed by atoms with E-state index >= 15 is 4.39 Å². The van der Waals surface area contributed by atoms with Gasteiger partial charge in [0.1, 0.15) is 11.4 Å². The third-order valence-electron chi connectivity index (χ3n) is 6.98. The first-order chi connectivity index (χ1) is 19.3. The van der Waals surface area contributed by atoms with Crippen LogP contribution in [0.5, 0.6) is 0 Å². The molecule has 1 fully saturated rings. The molecule has 220 valence electrons. The van der Waals surface area contributed by atoms with Gasteiger partial charge in [-0.15, -0.1) is 0 Å². The van der Waals surface area contributed by atoms with Gasteiger partial charge in [-0.2, -0.15) is 18.4 Å². The number of carbonyl (C=O) groups excluding carboxylic acids is 2. The molecule has 0 spiro atoms. The van der Waals surface area contributed by atoms with Crippen LogP contribution in [0.1, 0.15) is 80.3 Å². The van der Waals surface area contributed by atoms with Gasteiger partial charge < -0.3 is 16.0 Å². The summed E-state index contributed by atoms with van der Waals surface area (Å²) in [4.78, 5) is 28.2. The van der Waals surface area contributed by atoms with Crippen LogP contribution in [0.25, 0.3) is 0 Å². The van der Waals surface area contributed by atoms with Crippen LogP contribution >= 0.6 is 12.2 Å². The zero-order chi connectivity index (χ0) is 30.4. The van der Waals surface area contributed by atoms with Crippen molar-refractivity contribution in [1.82, 2.24) is 5.32 Å². The number of nitrogens with zero attached hydrogens (tertiary/aromatic N) is 3. The molecular formula is C29H33F4N5O2S. The van der Waals surface area contributed by atoms with Crippen LogP contribution in [0, 0.1) is 17.1 Å². The van der Waals surface area contributed by atoms with E-state index in [1.54, 1.807) is 0 Å². The largest absolute Gasteiger partial charge is 0.417 e. The minimum Gasteiger partial charge on any atom is -0.352 e. The Morgan fingerprint density at radius 1 is 1.02 bits per heavy atom. The van der Waals surface area contributed by atoms with Gasteiger partial charge in [-0.25, -0.2) is 4.39 Å². The fraction of sp³-hybridized carbons (Fsp3) is 0.448. The van der Waals surface area contributed by atoms with Gasteiger partial charge in [-0.3, -0.25) is 14.5 Å². The Morgan fingerprint density at radius 2 is 1.63 bits per heavy atom. The van der Waals surface area contributed by atoms with Crippen LogP contribution in [-0.2, 0) is 11.0 Å². The molecule has 0 bridgehead atoms. The molecule has 0 saturated carbocycles. The number of hydrogen-bond donors (Lipinski definition) is 2. The lowest BCUT2D eigenvalue weighted by Gasteiger charge is -2.29. The molecule has 7 nitrogen and oxygen atoms in total. The van der Waals surface area contributed by atoms with Crippen LogP contribution in [0.15, 0.2) is 36.4 Å². The fourth-order valence-electron chi connectivity index (χ4n) is 4.74. The average Bonchev–Trinajstić information content (AvgIpc) is 3.09. The summed E-state index contributed by atoms with van der Waals surface area (Å²) in [7, 11) is 0. The molecule has 2 amide bonds. The molecular weight excluding hydrogens is 558 g/mol. The quantitative estimate of drug-likeness (QED) is 0.177. The summed E-state index contributed by atoms with van der Waals surface area (Å²) in [5.41, 5.74) is 2.11. The predicted molar refractivity (Wildman–Crippen MR) is 153 cm³/mol. The lowest BCUT2D eigenvalue weighted by atomic mass is 10.0. The zero-order valence-corrected chi connectivity index (χ0v) is 23.8. The monoisotopic (exact) mass is 591 g/mol. The molecule has 1 saturated heterocycles. The number of nitrogens with one attached hydrogen (secondary N) is 1. The minimum atomic E-state index is -4.83. The van der Waals surface area contributed by atoms with E-state index in [2.05, 4.69) is 5.32 Å². The molecule has 1 heterocycles. The van der Waals surface area contributed by atoms with Crippen molar-refractivity contribution in [2.45, 2.75) is 70.5 Å². The summed E-state index contributed by atoms with van der Waals surface area (Å²) < 4.78 is 55.7. The molecule has 3 N–H and O–H groups in total. The first-order valence-electron chi connectivity index (χ1n) is 13.4. The van der Waals surface area contributed by atoms with E-state index < -0.39 is 40.5 Å². The number of nitrogens with two attached hydrogens (primary N) is 1. The summed E-state index contributed by atoms with van der Waals surface area (Å²) in [6, 6.07) is 8.16. The Kier molecular flexibility index (Phi) is 10.4. The number of unbranched alkanes of at least 4 members (excludes halogenated alkanes) is 6. The third-order valence-corrected chi connectivity index (χ3v) is 7.34. The summed E-state index contributed by atoms with van der Waals surface area (Å²) in [5.74, 6) is -2.04. The molecule has 3 rings (SSSR count). The van der Waals surface area contributed by atoms with Crippen LogP contribution < -0.4 is 20.9 Å². The smallest absolute Gasteiger partial charge is 0.352 e. The van der Waals surface area contributed by atoms with Gasteiger partial charge in [-0.1, -0.05) is 32.1 Å². The highest BCUT2D eigenvalue weighted by molar-refractivity contribution is 7.81. The van der Waals surface area contributed by atoms with Crippen molar-refractivity contribution in [3.63, 3.8) is 0 Å². The minimum absolute atomic E-state index is 0.157. The van der Waals surface area contributed by atoms with Crippen molar-refractivity contribution in [1.29, 1.82) is 5.26 Å². The number of thiocarbonyl (C=S) groups is 1. The number of halogens is 4. The van der Waals surface area contributed by atoms with Crippen molar-refractivity contribution < 1.29 is 27.2 Å². The molecule has 1 aliphatic heterocycles. The van der Waals surface area contributed by atoms with Gasteiger partial charge in [0, 0.05) is 12.2 Å². The molecule has 2 aromatic carbocycles. The van der Waals surface area contributed by atoms with E-state index in [1.165, 1.54) is 43.0 Å². The Bertz CT molecular complexity index is 1340. The van der Waals surface area contributed by atoms with E-state index in [-0.39, 0.29) is 22.1 Å². The Hall–Kier alpha value is -3.56. The molecule has 0 radical (unpaired) electrons. The number of carbonyl (C=O) groups is 2. The summed E-state index contributed by atoms with van der Waals surface area (Å²) in [6.07, 6.45) is 2.30. The SMILES string of the molecule is CC1(C)C(=O)N(c2ccc(C#N)c(C(F)(F)F)c2)C(=S)N1c1ccc(C(=O)NCCCCCCCCCN)c(F)c1. The van der Waals surface area contributed by atoms with Crippen molar-refractivity contribution in [2.24, 2.45) is 5.73 Å². The lowest BCUT2D eigenvalue weighted by molar-refractivity contribution is -0.137. The second-order valence-corrected chi connectivity index (χ2v) is 10.7. The fourth-order valence-corrected chi connectivity index (χ4v) is 5.26. The average molecular weight is 592 g/mol. The van der Waals surface area contributed by atoms with E-state index in [0.29, 0.717) is 19.2 Å². The summed E-state index contributed by atoms with van der Waals surface area (Å²) in [6.45, 7) is 4.12. The number of benzene rings is 2. The van der Waals surface area contributed by atoms with E-state index in [9.17, 15) is 22.8 Å². The van der Waals surface area contributed by atoms with Crippen molar-refractivity contribution in [3.8, 4) is 6.07 Å². The van der Waals surface area contributed by atoms with Crippen LogP contribution in [0.4, 0.5) is 28.9 Å². The highest BCUT2D eigenvalue weighted by Crippen LogP contribution is 2.40. The Morgan fingerprint density at radius 3 is 2.22 bits per heavy atom. The number of hydrogen-bond acceptors (Lipinski definition) is 5. The second-order valence-electron chi connectivity index (χ2n) is 10.3. The van der Waals surface area contributed by atoms with E-state index in [0.717, 1.165) is 62.0 Å². The molecule has 0 aliphatic carbocycles. The maximum absolute atomic E-state index is 15.1. The number of rotatable bonds is 12. The van der Waals surface area contributed by atoms with Crippen molar-refractivity contribution >= 4 is 40.5 Å². The number of anilines is 2. The van der Waals surface area contributed by atoms with Gasteiger partial charge in [0.2, 0.25) is 0 Å². The normalized spacial score (nSPS) is 14.9. The standard InChI is InChI=1S/C29H33F4N5O2S/c1-28(2)26(40)37(20-11-10-19(18-35)23(16-20)29(31,32)33)27(41)38(28)21-12-13-22(24(30)17-21)25(39)36-15-9-7-5-3-4-6-8-14-34/h10-13,16-17H,3-9,14-15,34H2,1-2H3,(H,36,39). The number of amides is 2. The van der Waals surface area contributed by atoms with Gasteiger partial charge in [0.05, 0.1) is 28.4 Å². The van der Waals surface area contributed by atoms with E-state index in [4.69, 9.17) is 23.2 Å².